The van der Waals surface area contributed by atoms with Gasteiger partial charge in [0.15, 0.2) is 0 Å². The zero-order chi connectivity index (χ0) is 21.9. The minimum atomic E-state index is -5.69. The minimum absolute atomic E-state index is 0.118. The molecular weight excluding hydrogens is 427 g/mol. The number of sulfone groups is 1. The van der Waals surface area contributed by atoms with Crippen LogP contribution in [0.25, 0.3) is 11.5 Å². The number of rotatable bonds is 7. The predicted molar refractivity (Wildman–Crippen MR) is 100 cm³/mol. The molecule has 0 amide bonds. The van der Waals surface area contributed by atoms with Gasteiger partial charge >= 0.3 is 5.51 Å². The minimum Gasteiger partial charge on any atom is -0.444 e. The lowest BCUT2D eigenvalue weighted by atomic mass is 10.2. The number of alkyl halides is 3. The van der Waals surface area contributed by atoms with Crippen molar-refractivity contribution in [2.24, 2.45) is 0 Å². The summed E-state index contributed by atoms with van der Waals surface area (Å²) in [6, 6.07) is 11.1. The van der Waals surface area contributed by atoms with Gasteiger partial charge < -0.3 is 9.73 Å². The van der Waals surface area contributed by atoms with Crippen molar-refractivity contribution in [3.05, 3.63) is 70.6 Å². The van der Waals surface area contributed by atoms with Gasteiger partial charge in [-0.25, -0.2) is 13.4 Å². The number of nitrogens with one attached hydrogen (secondary N) is 1. The highest BCUT2D eigenvalue weighted by Gasteiger charge is 2.47. The summed E-state index contributed by atoms with van der Waals surface area (Å²) in [5, 5.41) is 13.9. The van der Waals surface area contributed by atoms with Crippen LogP contribution in [-0.4, -0.2) is 30.4 Å². The third-order valence-electron chi connectivity index (χ3n) is 4.05. The standard InChI is InChI=1S/C18H14F3N3O5S/c19-18(20,21)30(27,28)14-6-7-15(16(10-14)24(25)26)22-9-8-13-11-29-17(23-13)12-4-2-1-3-5-12/h1-7,10-11,22H,8-9H2. The zero-order valence-corrected chi connectivity index (χ0v) is 15.9. The van der Waals surface area contributed by atoms with E-state index in [1.807, 2.05) is 30.3 Å². The second kappa shape index (κ2) is 8.14. The molecule has 0 aliphatic rings. The maximum absolute atomic E-state index is 12.7. The number of benzene rings is 2. The number of nitro groups is 1. The average molecular weight is 441 g/mol. The van der Waals surface area contributed by atoms with Gasteiger partial charge in [0, 0.05) is 24.6 Å². The van der Waals surface area contributed by atoms with Crippen LogP contribution in [0.2, 0.25) is 0 Å². The molecule has 30 heavy (non-hydrogen) atoms. The number of nitrogens with zero attached hydrogens (tertiary/aromatic N) is 2. The lowest BCUT2D eigenvalue weighted by Gasteiger charge is -2.10. The summed E-state index contributed by atoms with van der Waals surface area (Å²) in [5.41, 5.74) is -5.13. The first-order chi connectivity index (χ1) is 14.1. The highest BCUT2D eigenvalue weighted by molar-refractivity contribution is 7.92. The van der Waals surface area contributed by atoms with Crippen LogP contribution in [0, 0.1) is 10.1 Å². The molecule has 1 N–H and O–H groups in total. The predicted octanol–water partition coefficient (Wildman–Crippen LogP) is 4.20. The normalized spacial score (nSPS) is 12.0. The molecule has 3 rings (SSSR count). The van der Waals surface area contributed by atoms with Crippen LogP contribution in [0.4, 0.5) is 24.5 Å². The van der Waals surface area contributed by atoms with Gasteiger partial charge in [0.25, 0.3) is 15.5 Å². The third-order valence-corrected chi connectivity index (χ3v) is 5.53. The van der Waals surface area contributed by atoms with Crippen molar-refractivity contribution in [3.8, 4) is 11.5 Å². The van der Waals surface area contributed by atoms with Gasteiger partial charge in [-0.3, -0.25) is 10.1 Å². The van der Waals surface area contributed by atoms with Crippen molar-refractivity contribution in [2.75, 3.05) is 11.9 Å². The van der Waals surface area contributed by atoms with E-state index in [0.29, 0.717) is 30.1 Å². The Balaban J connectivity index is 1.73. The van der Waals surface area contributed by atoms with Gasteiger partial charge in [-0.15, -0.1) is 0 Å². The summed E-state index contributed by atoms with van der Waals surface area (Å²) >= 11 is 0. The third kappa shape index (κ3) is 4.43. The van der Waals surface area contributed by atoms with Gasteiger partial charge in [-0.05, 0) is 24.3 Å². The molecular formula is C18H14F3N3O5S. The Kier molecular flexibility index (Phi) is 5.78. The Labute approximate surface area is 168 Å². The SMILES string of the molecule is O=[N+]([O-])c1cc(S(=O)(=O)C(F)(F)F)ccc1NCCc1coc(-c2ccccc2)n1. The van der Waals surface area contributed by atoms with E-state index in [2.05, 4.69) is 10.3 Å². The number of aromatic nitrogens is 1. The summed E-state index contributed by atoms with van der Waals surface area (Å²) < 4.78 is 66.4. The zero-order valence-electron chi connectivity index (χ0n) is 15.1. The molecule has 3 aromatic rings. The first kappa shape index (κ1) is 21.3. The Morgan fingerprint density at radius 2 is 1.83 bits per heavy atom. The summed E-state index contributed by atoms with van der Waals surface area (Å²) in [7, 11) is -5.69. The number of hydrogen-bond donors (Lipinski definition) is 1. The van der Waals surface area contributed by atoms with E-state index in [9.17, 15) is 31.7 Å². The van der Waals surface area contributed by atoms with E-state index in [-0.39, 0.29) is 12.2 Å². The van der Waals surface area contributed by atoms with Crippen LogP contribution in [-0.2, 0) is 16.3 Å². The van der Waals surface area contributed by atoms with Crippen molar-refractivity contribution in [3.63, 3.8) is 0 Å². The summed E-state index contributed by atoms with van der Waals surface area (Å²) in [6.45, 7) is 0.146. The number of anilines is 1. The fourth-order valence-electron chi connectivity index (χ4n) is 2.57. The molecule has 0 radical (unpaired) electrons. The average Bonchev–Trinajstić information content (AvgIpc) is 3.16. The summed E-state index contributed by atoms with van der Waals surface area (Å²) in [6.07, 6.45) is 1.73. The van der Waals surface area contributed by atoms with Crippen LogP contribution in [0.1, 0.15) is 5.69 Å². The van der Waals surface area contributed by atoms with Crippen LogP contribution >= 0.6 is 0 Å². The van der Waals surface area contributed by atoms with E-state index in [0.717, 1.165) is 11.6 Å². The maximum Gasteiger partial charge on any atom is 0.501 e. The fraction of sp³-hybridized carbons (Fsp3) is 0.167. The Bertz CT molecular complexity index is 1160. The van der Waals surface area contributed by atoms with E-state index in [1.54, 1.807) is 0 Å². The smallest absolute Gasteiger partial charge is 0.444 e. The largest absolute Gasteiger partial charge is 0.501 e. The molecule has 0 aliphatic heterocycles. The number of nitro benzene ring substituents is 1. The molecule has 0 saturated heterocycles. The highest BCUT2D eigenvalue weighted by atomic mass is 32.2. The molecule has 12 heteroatoms. The lowest BCUT2D eigenvalue weighted by Crippen LogP contribution is -2.23. The molecule has 0 atom stereocenters. The monoisotopic (exact) mass is 441 g/mol. The summed E-state index contributed by atoms with van der Waals surface area (Å²) in [4.78, 5) is 13.3. The summed E-state index contributed by atoms with van der Waals surface area (Å²) in [5.74, 6) is 0.401. The van der Waals surface area contributed by atoms with E-state index >= 15 is 0 Å². The van der Waals surface area contributed by atoms with Gasteiger partial charge in [0.2, 0.25) is 5.89 Å². The Hall–Kier alpha value is -3.41. The highest BCUT2D eigenvalue weighted by Crippen LogP contribution is 2.34. The van der Waals surface area contributed by atoms with Crippen LogP contribution in [0.5, 0.6) is 0 Å². The van der Waals surface area contributed by atoms with Gasteiger partial charge in [0.1, 0.15) is 12.0 Å². The van der Waals surface area contributed by atoms with Crippen LogP contribution in [0.15, 0.2) is 64.1 Å². The number of hydrogen-bond acceptors (Lipinski definition) is 7. The second-order valence-corrected chi connectivity index (χ2v) is 8.01. The van der Waals surface area contributed by atoms with Gasteiger partial charge in [-0.2, -0.15) is 13.2 Å². The molecule has 0 saturated carbocycles. The first-order valence-electron chi connectivity index (χ1n) is 8.43. The maximum atomic E-state index is 12.7. The molecule has 0 bridgehead atoms. The number of oxazole rings is 1. The van der Waals surface area contributed by atoms with E-state index in [4.69, 9.17) is 4.42 Å². The quantitative estimate of drug-likeness (QED) is 0.432. The van der Waals surface area contributed by atoms with Crippen molar-refractivity contribution in [2.45, 2.75) is 16.8 Å². The number of halogens is 3. The molecule has 8 nitrogen and oxygen atoms in total. The van der Waals surface area contributed by atoms with Crippen molar-refractivity contribution < 1.29 is 30.9 Å². The first-order valence-corrected chi connectivity index (χ1v) is 9.91. The molecule has 0 spiro atoms. The van der Waals surface area contributed by atoms with Crippen LogP contribution < -0.4 is 5.32 Å². The van der Waals surface area contributed by atoms with Gasteiger partial charge in [-0.1, -0.05) is 18.2 Å². The second-order valence-electron chi connectivity index (χ2n) is 6.07. The van der Waals surface area contributed by atoms with Crippen molar-refractivity contribution in [1.82, 2.24) is 4.98 Å². The van der Waals surface area contributed by atoms with E-state index in [1.165, 1.54) is 6.26 Å². The Morgan fingerprint density at radius 3 is 2.47 bits per heavy atom. The topological polar surface area (TPSA) is 115 Å². The fourth-order valence-corrected chi connectivity index (χ4v) is 3.35. The molecule has 0 unspecified atom stereocenters. The molecule has 0 fully saturated rings. The Morgan fingerprint density at radius 1 is 1.13 bits per heavy atom. The molecule has 2 aromatic carbocycles. The van der Waals surface area contributed by atoms with Gasteiger partial charge in [0.05, 0.1) is 15.5 Å². The van der Waals surface area contributed by atoms with Crippen LogP contribution in [0.3, 0.4) is 0 Å². The molecule has 1 aromatic heterocycles. The lowest BCUT2D eigenvalue weighted by molar-refractivity contribution is -0.384. The molecule has 158 valence electrons. The van der Waals surface area contributed by atoms with E-state index < -0.39 is 30.9 Å². The molecule has 0 aliphatic carbocycles. The van der Waals surface area contributed by atoms with Crippen molar-refractivity contribution >= 4 is 21.2 Å². The van der Waals surface area contributed by atoms with Crippen molar-refractivity contribution in [1.29, 1.82) is 0 Å². The molecule has 1 heterocycles.